The van der Waals surface area contributed by atoms with Crippen molar-refractivity contribution in [2.75, 3.05) is 66.0 Å². The van der Waals surface area contributed by atoms with Gasteiger partial charge in [-0.05, 0) is 5.53 Å². The lowest BCUT2D eigenvalue weighted by Crippen LogP contribution is -2.67. The second kappa shape index (κ2) is 26.3. The number of carbonyl (C=O) groups is 7. The van der Waals surface area contributed by atoms with Crippen molar-refractivity contribution in [1.29, 1.82) is 0 Å². The summed E-state index contributed by atoms with van der Waals surface area (Å²) in [5.41, 5.74) is 8.27. The third-order valence-electron chi connectivity index (χ3n) is 7.54. The van der Waals surface area contributed by atoms with Crippen molar-refractivity contribution in [1.82, 2.24) is 0 Å². The second-order valence-electron chi connectivity index (χ2n) is 12.3. The van der Waals surface area contributed by atoms with Crippen LogP contribution in [0.4, 0.5) is 0 Å². The number of esters is 7. The summed E-state index contributed by atoms with van der Waals surface area (Å²) < 4.78 is 78.4. The van der Waals surface area contributed by atoms with Crippen LogP contribution in [0.2, 0.25) is 0 Å². The maximum absolute atomic E-state index is 12.6. The number of ether oxygens (including phenoxy) is 14. The highest BCUT2D eigenvalue weighted by Gasteiger charge is 2.57. The Bertz CT molecular complexity index is 1430. The predicted octanol–water partition coefficient (Wildman–Crippen LogP) is -0.0172. The van der Waals surface area contributed by atoms with Gasteiger partial charge in [0.25, 0.3) is 0 Å². The minimum Gasteiger partial charge on any atom is -0.463 e. The summed E-state index contributed by atoms with van der Waals surface area (Å²) in [6.45, 7) is 7.42. The topological polar surface area (TPSA) is 297 Å². The minimum atomic E-state index is -1.82. The van der Waals surface area contributed by atoms with Gasteiger partial charge < -0.3 is 66.3 Å². The molecular formula is C34H51N3O21. The third-order valence-corrected chi connectivity index (χ3v) is 7.54. The molecule has 0 spiro atoms. The average Bonchev–Trinajstić information content (AvgIpc) is 3.12. The Labute approximate surface area is 333 Å². The molecular weight excluding hydrogens is 786 g/mol. The number of carbonyl (C=O) groups excluding carboxylic acids is 7. The van der Waals surface area contributed by atoms with Gasteiger partial charge >= 0.3 is 41.8 Å². The van der Waals surface area contributed by atoms with Crippen LogP contribution in [-0.4, -0.2) is 169 Å². The van der Waals surface area contributed by atoms with E-state index in [0.717, 1.165) is 48.5 Å². The van der Waals surface area contributed by atoms with Crippen molar-refractivity contribution < 1.29 is 99.9 Å². The maximum Gasteiger partial charge on any atom is 0.303 e. The van der Waals surface area contributed by atoms with Crippen LogP contribution < -0.4 is 0 Å². The van der Waals surface area contributed by atoms with E-state index < -0.39 is 116 Å². The lowest BCUT2D eigenvalue weighted by Gasteiger charge is -2.48. The van der Waals surface area contributed by atoms with E-state index in [1.165, 1.54) is 0 Å². The van der Waals surface area contributed by atoms with Crippen LogP contribution >= 0.6 is 0 Å². The molecule has 0 unspecified atom stereocenters. The number of hydrogen-bond acceptors (Lipinski definition) is 22. The van der Waals surface area contributed by atoms with E-state index in [1.54, 1.807) is 0 Å². The van der Waals surface area contributed by atoms with Gasteiger partial charge in [-0.3, -0.25) is 33.6 Å². The Morgan fingerprint density at radius 2 is 0.862 bits per heavy atom. The zero-order chi connectivity index (χ0) is 43.2. The molecule has 10 atom stereocenters. The van der Waals surface area contributed by atoms with Crippen LogP contribution in [0.3, 0.4) is 0 Å². The van der Waals surface area contributed by atoms with Crippen LogP contribution in [0.5, 0.6) is 0 Å². The molecule has 24 nitrogen and oxygen atoms in total. The van der Waals surface area contributed by atoms with Gasteiger partial charge in [0.05, 0.1) is 46.2 Å². The van der Waals surface area contributed by atoms with Crippen LogP contribution in [0.15, 0.2) is 5.11 Å². The largest absolute Gasteiger partial charge is 0.463 e. The summed E-state index contributed by atoms with van der Waals surface area (Å²) >= 11 is 0. The first-order valence-electron chi connectivity index (χ1n) is 18.0. The van der Waals surface area contributed by atoms with Crippen LogP contribution in [0.1, 0.15) is 48.5 Å². The smallest absolute Gasteiger partial charge is 0.303 e. The van der Waals surface area contributed by atoms with Crippen LogP contribution in [0.25, 0.3) is 10.4 Å². The molecule has 2 heterocycles. The van der Waals surface area contributed by atoms with E-state index in [9.17, 15) is 33.6 Å². The molecule has 58 heavy (non-hydrogen) atoms. The van der Waals surface area contributed by atoms with E-state index >= 15 is 0 Å². The highest BCUT2D eigenvalue weighted by Crippen LogP contribution is 2.35. The predicted molar refractivity (Wildman–Crippen MR) is 186 cm³/mol. The SMILES string of the molecule is CC(=O)OC[C@H]1O[C@@H](O[C@H]2[C@H](OC(C)=O)[C@@H](OC(C)=O)[C@H](OCCOCCOCCOCCN=[N+]=[N-])O[C@@H]2COC(C)=O)[C@H](OC(C)=O)[C@@H](OC(C)=O)[C@H]1OC(C)=O. The normalized spacial score (nSPS) is 26.5. The molecule has 2 fully saturated rings. The molecule has 0 radical (unpaired) electrons. The van der Waals surface area contributed by atoms with Gasteiger partial charge in [-0.1, -0.05) is 5.11 Å². The summed E-state index contributed by atoms with van der Waals surface area (Å²) in [5.74, 6) is -5.98. The Hall–Kier alpha value is -4.68. The number of rotatable bonds is 24. The zero-order valence-corrected chi connectivity index (χ0v) is 33.3. The molecule has 2 aliphatic heterocycles. The van der Waals surface area contributed by atoms with Gasteiger partial charge in [-0.25, -0.2) is 0 Å². The highest BCUT2D eigenvalue weighted by molar-refractivity contribution is 5.69. The van der Waals surface area contributed by atoms with Gasteiger partial charge in [0, 0.05) is 59.9 Å². The fourth-order valence-electron chi connectivity index (χ4n) is 5.52. The molecule has 2 saturated heterocycles. The summed E-state index contributed by atoms with van der Waals surface area (Å²) in [6.07, 6.45) is -15.8. The van der Waals surface area contributed by atoms with Crippen molar-refractivity contribution in [3.63, 3.8) is 0 Å². The molecule has 2 aliphatic rings. The van der Waals surface area contributed by atoms with Crippen molar-refractivity contribution in [3.8, 4) is 0 Å². The molecule has 0 aromatic carbocycles. The van der Waals surface area contributed by atoms with Crippen LogP contribution in [-0.2, 0) is 99.9 Å². The Balaban J connectivity index is 2.42. The second-order valence-corrected chi connectivity index (χ2v) is 12.3. The average molecular weight is 838 g/mol. The molecule has 0 aliphatic carbocycles. The minimum absolute atomic E-state index is 0.0177. The van der Waals surface area contributed by atoms with E-state index in [4.69, 9.17) is 71.8 Å². The van der Waals surface area contributed by atoms with Gasteiger partial charge in [0.2, 0.25) is 0 Å². The molecule has 2 rings (SSSR count). The first-order valence-corrected chi connectivity index (χ1v) is 18.0. The zero-order valence-electron chi connectivity index (χ0n) is 33.3. The Morgan fingerprint density at radius 1 is 0.483 bits per heavy atom. The number of nitrogens with zero attached hydrogens (tertiary/aromatic N) is 3. The van der Waals surface area contributed by atoms with Crippen molar-refractivity contribution in [3.05, 3.63) is 10.4 Å². The van der Waals surface area contributed by atoms with Gasteiger partial charge in [-0.15, -0.1) is 0 Å². The molecule has 0 aromatic rings. The number of azide groups is 1. The molecule has 0 amide bonds. The lowest BCUT2D eigenvalue weighted by atomic mass is 9.96. The van der Waals surface area contributed by atoms with Crippen molar-refractivity contribution in [2.24, 2.45) is 5.11 Å². The van der Waals surface area contributed by atoms with Gasteiger partial charge in [-0.2, -0.15) is 0 Å². The van der Waals surface area contributed by atoms with Crippen molar-refractivity contribution in [2.45, 2.75) is 110 Å². The van der Waals surface area contributed by atoms with Gasteiger partial charge in [0.1, 0.15) is 31.5 Å². The molecule has 328 valence electrons. The molecule has 0 bridgehead atoms. The van der Waals surface area contributed by atoms with Crippen LogP contribution in [0, 0.1) is 0 Å². The standard InChI is InChI=1S/C34H51N3O21/c1-18(38)49-16-25-27(51-20(3)40)29(52-21(4)41)32(55-24(7)44)34(57-25)58-28-26(17-50-19(2)39)56-33(31(54-23(6)43)30(28)53-22(5)42)48-15-14-47-13-12-46-11-10-45-9-8-36-37-35/h25-34H,8-17H2,1-7H3/t25-,26-,27+,28-,29+,30+,31-,32-,33-,34+/m1/s1. The van der Waals surface area contributed by atoms with E-state index in [1.807, 2.05) is 0 Å². The molecule has 0 aromatic heterocycles. The van der Waals surface area contributed by atoms with Gasteiger partial charge in [0.15, 0.2) is 43.1 Å². The summed E-state index contributed by atoms with van der Waals surface area (Å²) in [4.78, 5) is 88.4. The fourth-order valence-corrected chi connectivity index (χ4v) is 5.52. The molecule has 0 N–H and O–H groups in total. The number of hydrogen-bond donors (Lipinski definition) is 0. The molecule has 0 saturated carbocycles. The van der Waals surface area contributed by atoms with Crippen molar-refractivity contribution >= 4 is 41.8 Å². The maximum atomic E-state index is 12.6. The van der Waals surface area contributed by atoms with E-state index in [-0.39, 0.29) is 52.8 Å². The summed E-state index contributed by atoms with van der Waals surface area (Å²) in [6, 6.07) is 0. The highest BCUT2D eigenvalue weighted by atomic mass is 16.8. The third kappa shape index (κ3) is 18.3. The lowest BCUT2D eigenvalue weighted by molar-refractivity contribution is -0.361. The quantitative estimate of drug-likeness (QED) is 0.0308. The monoisotopic (exact) mass is 837 g/mol. The summed E-state index contributed by atoms with van der Waals surface area (Å²) in [5, 5.41) is 3.35. The Kier molecular flexibility index (Phi) is 22.5. The van der Waals surface area contributed by atoms with E-state index in [0.29, 0.717) is 0 Å². The molecule has 24 heteroatoms. The first kappa shape index (κ1) is 49.5. The fraction of sp³-hybridized carbons (Fsp3) is 0.794. The Morgan fingerprint density at radius 3 is 1.33 bits per heavy atom. The first-order chi connectivity index (χ1) is 27.5. The van der Waals surface area contributed by atoms with E-state index in [2.05, 4.69) is 10.0 Å². The summed E-state index contributed by atoms with van der Waals surface area (Å²) in [7, 11) is 0.